The molecule has 0 saturated heterocycles. The third-order valence-corrected chi connectivity index (χ3v) is 4.65. The molecule has 0 fully saturated rings. The molecule has 24 heavy (non-hydrogen) atoms. The maximum atomic E-state index is 11.9. The van der Waals surface area contributed by atoms with Crippen LogP contribution in [0.15, 0.2) is 30.3 Å². The van der Waals surface area contributed by atoms with Crippen molar-refractivity contribution in [3.05, 3.63) is 45.6 Å². The van der Waals surface area contributed by atoms with E-state index < -0.39 is 0 Å². The van der Waals surface area contributed by atoms with Crippen LogP contribution in [0, 0.1) is 6.92 Å². The van der Waals surface area contributed by atoms with Gasteiger partial charge in [-0.25, -0.2) is 0 Å². The molecule has 0 bridgehead atoms. The van der Waals surface area contributed by atoms with E-state index in [9.17, 15) is 14.7 Å². The van der Waals surface area contributed by atoms with Gasteiger partial charge in [-0.05, 0) is 37.1 Å². The van der Waals surface area contributed by atoms with Crippen molar-refractivity contribution >= 4 is 23.0 Å². The lowest BCUT2D eigenvalue weighted by molar-refractivity contribution is -0.121. The lowest BCUT2D eigenvalue weighted by Crippen LogP contribution is -2.26. The Bertz CT molecular complexity index is 724. The minimum Gasteiger partial charge on any atom is -0.508 e. The zero-order valence-electron chi connectivity index (χ0n) is 13.8. The highest BCUT2D eigenvalue weighted by atomic mass is 32.1. The fourth-order valence-corrected chi connectivity index (χ4v) is 3.08. The number of carbonyl (C=O) groups is 2. The standard InChI is InChI=1S/C18H21NO4S/c1-12-3-7-17(24-12)15(20)6-8-18(22)19-10-9-13-4-5-14(23-2)11-16(13)21/h3-5,7,11,21H,6,8-10H2,1-2H3,(H,19,22). The number of Topliss-reactive ketones (excluding diaryl/α,β-unsaturated/α-hetero) is 1. The van der Waals surface area contributed by atoms with Crippen LogP contribution in [-0.4, -0.2) is 30.5 Å². The summed E-state index contributed by atoms with van der Waals surface area (Å²) in [5.41, 5.74) is 0.737. The van der Waals surface area contributed by atoms with E-state index in [1.54, 1.807) is 24.3 Å². The summed E-state index contributed by atoms with van der Waals surface area (Å²) in [5.74, 6) is 0.565. The number of carbonyl (C=O) groups excluding carboxylic acids is 2. The summed E-state index contributed by atoms with van der Waals surface area (Å²) in [7, 11) is 1.54. The summed E-state index contributed by atoms with van der Waals surface area (Å²) < 4.78 is 5.02. The van der Waals surface area contributed by atoms with Gasteiger partial charge in [0.1, 0.15) is 11.5 Å². The Morgan fingerprint density at radius 3 is 2.62 bits per heavy atom. The van der Waals surface area contributed by atoms with Crippen LogP contribution in [0.25, 0.3) is 0 Å². The van der Waals surface area contributed by atoms with Crippen molar-refractivity contribution < 1.29 is 19.4 Å². The highest BCUT2D eigenvalue weighted by Gasteiger charge is 2.11. The Kier molecular flexibility index (Phi) is 6.37. The summed E-state index contributed by atoms with van der Waals surface area (Å²) in [6.07, 6.45) is 0.892. The van der Waals surface area contributed by atoms with Gasteiger partial charge in [0.15, 0.2) is 5.78 Å². The number of phenols is 1. The van der Waals surface area contributed by atoms with Crippen LogP contribution in [0.2, 0.25) is 0 Å². The van der Waals surface area contributed by atoms with Crippen LogP contribution >= 0.6 is 11.3 Å². The molecule has 1 heterocycles. The van der Waals surface area contributed by atoms with Crippen molar-refractivity contribution in [3.63, 3.8) is 0 Å². The first-order chi connectivity index (χ1) is 11.5. The number of rotatable bonds is 8. The summed E-state index contributed by atoms with van der Waals surface area (Å²) in [6, 6.07) is 8.77. The minimum atomic E-state index is -0.162. The van der Waals surface area contributed by atoms with E-state index in [2.05, 4.69) is 5.32 Å². The number of hydrogen-bond acceptors (Lipinski definition) is 5. The Morgan fingerprint density at radius 1 is 1.21 bits per heavy atom. The average molecular weight is 347 g/mol. The lowest BCUT2D eigenvalue weighted by Gasteiger charge is -2.08. The maximum Gasteiger partial charge on any atom is 0.220 e. The highest BCUT2D eigenvalue weighted by molar-refractivity contribution is 7.14. The van der Waals surface area contributed by atoms with E-state index in [-0.39, 0.29) is 30.3 Å². The number of methoxy groups -OCH3 is 1. The van der Waals surface area contributed by atoms with E-state index in [0.717, 1.165) is 10.4 Å². The normalized spacial score (nSPS) is 10.4. The molecule has 1 aromatic carbocycles. The molecule has 0 aliphatic rings. The van der Waals surface area contributed by atoms with Gasteiger partial charge in [0, 0.05) is 30.3 Å². The number of thiophene rings is 1. The van der Waals surface area contributed by atoms with Crippen LogP contribution in [0.3, 0.4) is 0 Å². The first kappa shape index (κ1) is 18.0. The Morgan fingerprint density at radius 2 is 2.00 bits per heavy atom. The number of ether oxygens (including phenoxy) is 1. The average Bonchev–Trinajstić information content (AvgIpc) is 3.00. The van der Waals surface area contributed by atoms with Gasteiger partial charge in [-0.3, -0.25) is 9.59 Å². The summed E-state index contributed by atoms with van der Waals surface area (Å²) in [6.45, 7) is 2.35. The molecule has 1 aromatic heterocycles. The zero-order chi connectivity index (χ0) is 17.5. The molecule has 0 aliphatic heterocycles. The van der Waals surface area contributed by atoms with Crippen LogP contribution in [0.5, 0.6) is 11.5 Å². The van der Waals surface area contributed by atoms with E-state index in [1.807, 2.05) is 13.0 Å². The monoisotopic (exact) mass is 347 g/mol. The zero-order valence-corrected chi connectivity index (χ0v) is 14.6. The molecular formula is C18H21NO4S. The molecule has 2 aromatic rings. The van der Waals surface area contributed by atoms with Crippen LogP contribution in [0.1, 0.15) is 33.0 Å². The number of nitrogens with one attached hydrogen (secondary N) is 1. The second-order valence-electron chi connectivity index (χ2n) is 5.43. The fraction of sp³-hybridized carbons (Fsp3) is 0.333. The molecule has 6 heteroatoms. The topological polar surface area (TPSA) is 75.6 Å². The van der Waals surface area contributed by atoms with Gasteiger partial charge in [0.05, 0.1) is 12.0 Å². The smallest absolute Gasteiger partial charge is 0.220 e. The molecule has 5 nitrogen and oxygen atoms in total. The Hall–Kier alpha value is -2.34. The predicted molar refractivity (Wildman–Crippen MR) is 94.0 cm³/mol. The van der Waals surface area contributed by atoms with Crippen molar-refractivity contribution in [2.24, 2.45) is 0 Å². The van der Waals surface area contributed by atoms with Crippen LogP contribution in [0.4, 0.5) is 0 Å². The molecule has 2 rings (SSSR count). The highest BCUT2D eigenvalue weighted by Crippen LogP contribution is 2.23. The van der Waals surface area contributed by atoms with Gasteiger partial charge in [0.2, 0.25) is 5.91 Å². The van der Waals surface area contributed by atoms with Gasteiger partial charge >= 0.3 is 0 Å². The van der Waals surface area contributed by atoms with Crippen molar-refractivity contribution in [1.82, 2.24) is 5.32 Å². The van der Waals surface area contributed by atoms with Crippen molar-refractivity contribution in [2.75, 3.05) is 13.7 Å². The van der Waals surface area contributed by atoms with Gasteiger partial charge < -0.3 is 15.2 Å². The first-order valence-corrected chi connectivity index (χ1v) is 8.53. The second kappa shape index (κ2) is 8.49. The SMILES string of the molecule is COc1ccc(CCNC(=O)CCC(=O)c2ccc(C)s2)c(O)c1. The first-order valence-electron chi connectivity index (χ1n) is 7.72. The molecule has 0 spiro atoms. The van der Waals surface area contributed by atoms with Gasteiger partial charge in [-0.1, -0.05) is 6.07 Å². The second-order valence-corrected chi connectivity index (χ2v) is 6.72. The molecular weight excluding hydrogens is 326 g/mol. The molecule has 2 N–H and O–H groups in total. The largest absolute Gasteiger partial charge is 0.508 e. The lowest BCUT2D eigenvalue weighted by atomic mass is 10.1. The molecule has 1 amide bonds. The molecule has 0 atom stereocenters. The van der Waals surface area contributed by atoms with Gasteiger partial charge in [-0.15, -0.1) is 11.3 Å². The summed E-state index contributed by atoms with van der Waals surface area (Å²) in [5, 5.41) is 12.6. The third-order valence-electron chi connectivity index (χ3n) is 3.60. The number of amides is 1. The number of ketones is 1. The fourth-order valence-electron chi connectivity index (χ4n) is 2.24. The van der Waals surface area contributed by atoms with Crippen molar-refractivity contribution in [1.29, 1.82) is 0 Å². The Labute approximate surface area is 145 Å². The van der Waals surface area contributed by atoms with Crippen molar-refractivity contribution in [2.45, 2.75) is 26.2 Å². The third kappa shape index (κ3) is 5.09. The van der Waals surface area contributed by atoms with E-state index in [1.165, 1.54) is 18.4 Å². The number of hydrogen-bond donors (Lipinski definition) is 2. The van der Waals surface area contributed by atoms with E-state index in [0.29, 0.717) is 23.6 Å². The summed E-state index contributed by atoms with van der Waals surface area (Å²) in [4.78, 5) is 25.5. The quantitative estimate of drug-likeness (QED) is 0.720. The molecule has 0 unspecified atom stereocenters. The summed E-state index contributed by atoms with van der Waals surface area (Å²) >= 11 is 1.45. The number of aromatic hydroxyl groups is 1. The maximum absolute atomic E-state index is 11.9. The molecule has 0 radical (unpaired) electrons. The predicted octanol–water partition coefficient (Wildman–Crippen LogP) is 3.09. The Balaban J connectivity index is 1.72. The van der Waals surface area contributed by atoms with Gasteiger partial charge in [-0.2, -0.15) is 0 Å². The van der Waals surface area contributed by atoms with Crippen LogP contribution < -0.4 is 10.1 Å². The van der Waals surface area contributed by atoms with Crippen LogP contribution in [-0.2, 0) is 11.2 Å². The number of benzene rings is 1. The van der Waals surface area contributed by atoms with E-state index >= 15 is 0 Å². The molecule has 0 aliphatic carbocycles. The molecule has 0 saturated carbocycles. The van der Waals surface area contributed by atoms with Gasteiger partial charge in [0.25, 0.3) is 0 Å². The number of phenolic OH excluding ortho intramolecular Hbond substituents is 1. The minimum absolute atomic E-state index is 0.00366. The van der Waals surface area contributed by atoms with E-state index in [4.69, 9.17) is 4.74 Å². The number of aryl methyl sites for hydroxylation is 1. The van der Waals surface area contributed by atoms with Crippen molar-refractivity contribution in [3.8, 4) is 11.5 Å². The molecule has 128 valence electrons.